The molecular weight excluding hydrogens is 367 g/mol. The van der Waals surface area contributed by atoms with Gasteiger partial charge in [-0.1, -0.05) is 29.3 Å². The highest BCUT2D eigenvalue weighted by Gasteiger charge is 2.27. The number of hydrogen-bond donors (Lipinski definition) is 1. The molecule has 128 valence electrons. The number of nitrogens with zero attached hydrogens (tertiary/aromatic N) is 3. The Kier molecular flexibility index (Phi) is 5.61. The molecular formula is C16H18Cl2N4OS. The van der Waals surface area contributed by atoms with E-state index in [4.69, 9.17) is 23.2 Å². The monoisotopic (exact) mass is 384 g/mol. The standard InChI is InChI=1S/C16H18Cl2N4OS/c1-11(15(23)20-14-12(17)3-2-4-13(14)18)21-6-8-22(9-7-21)16-19-5-10-24-16/h2-5,10-11H,6-9H2,1H3,(H,20,23). The first-order valence-electron chi connectivity index (χ1n) is 7.69. The normalized spacial score (nSPS) is 16.9. The van der Waals surface area contributed by atoms with E-state index in [1.54, 1.807) is 29.5 Å². The molecule has 2 aromatic rings. The summed E-state index contributed by atoms with van der Waals surface area (Å²) in [6.07, 6.45) is 1.82. The van der Waals surface area contributed by atoms with Gasteiger partial charge in [0.2, 0.25) is 5.91 Å². The van der Waals surface area contributed by atoms with Crippen LogP contribution in [0.5, 0.6) is 0 Å². The fraction of sp³-hybridized carbons (Fsp3) is 0.375. The zero-order valence-electron chi connectivity index (χ0n) is 13.2. The zero-order valence-corrected chi connectivity index (χ0v) is 15.5. The highest BCUT2D eigenvalue weighted by molar-refractivity contribution is 7.13. The maximum Gasteiger partial charge on any atom is 0.241 e. The third kappa shape index (κ3) is 3.83. The maximum atomic E-state index is 12.5. The molecule has 1 aromatic carbocycles. The highest BCUT2D eigenvalue weighted by Crippen LogP contribution is 2.30. The van der Waals surface area contributed by atoms with Crippen molar-refractivity contribution in [2.24, 2.45) is 0 Å². The van der Waals surface area contributed by atoms with Crippen molar-refractivity contribution in [3.63, 3.8) is 0 Å². The van der Waals surface area contributed by atoms with Crippen molar-refractivity contribution in [2.45, 2.75) is 13.0 Å². The average molecular weight is 385 g/mol. The van der Waals surface area contributed by atoms with Gasteiger partial charge in [-0.15, -0.1) is 11.3 Å². The van der Waals surface area contributed by atoms with Crippen molar-refractivity contribution in [3.8, 4) is 0 Å². The van der Waals surface area contributed by atoms with Gasteiger partial charge < -0.3 is 10.2 Å². The number of para-hydroxylation sites is 1. The Morgan fingerprint density at radius 3 is 2.50 bits per heavy atom. The number of anilines is 2. The summed E-state index contributed by atoms with van der Waals surface area (Å²) in [6.45, 7) is 5.24. The molecule has 1 saturated heterocycles. The first kappa shape index (κ1) is 17.5. The Morgan fingerprint density at radius 2 is 1.92 bits per heavy atom. The molecule has 0 radical (unpaired) electrons. The molecule has 1 unspecified atom stereocenters. The number of hydrogen-bond acceptors (Lipinski definition) is 5. The van der Waals surface area contributed by atoms with Crippen LogP contribution in [-0.2, 0) is 4.79 Å². The van der Waals surface area contributed by atoms with E-state index >= 15 is 0 Å². The van der Waals surface area contributed by atoms with Crippen LogP contribution in [0.3, 0.4) is 0 Å². The Morgan fingerprint density at radius 1 is 1.25 bits per heavy atom. The van der Waals surface area contributed by atoms with Gasteiger partial charge in [0.1, 0.15) is 0 Å². The minimum absolute atomic E-state index is 0.104. The van der Waals surface area contributed by atoms with E-state index in [1.807, 2.05) is 18.5 Å². The molecule has 1 atom stereocenters. The van der Waals surface area contributed by atoms with E-state index in [9.17, 15) is 4.79 Å². The van der Waals surface area contributed by atoms with E-state index < -0.39 is 0 Å². The Labute approximate surface area is 155 Å². The van der Waals surface area contributed by atoms with Crippen molar-refractivity contribution in [3.05, 3.63) is 39.8 Å². The van der Waals surface area contributed by atoms with Gasteiger partial charge in [-0.05, 0) is 19.1 Å². The molecule has 1 fully saturated rings. The lowest BCUT2D eigenvalue weighted by Gasteiger charge is -2.37. The van der Waals surface area contributed by atoms with Crippen LogP contribution in [0.25, 0.3) is 0 Å². The molecule has 3 rings (SSSR count). The fourth-order valence-electron chi connectivity index (χ4n) is 2.68. The van der Waals surface area contributed by atoms with E-state index in [0.29, 0.717) is 15.7 Å². The van der Waals surface area contributed by atoms with Crippen LogP contribution in [0.2, 0.25) is 10.0 Å². The number of halogens is 2. The summed E-state index contributed by atoms with van der Waals surface area (Å²) in [5.74, 6) is -0.104. The molecule has 0 saturated carbocycles. The van der Waals surface area contributed by atoms with Gasteiger partial charge in [0.15, 0.2) is 5.13 Å². The number of amides is 1. The zero-order chi connectivity index (χ0) is 17.1. The van der Waals surface area contributed by atoms with Crippen LogP contribution in [-0.4, -0.2) is 48.0 Å². The molecule has 1 N–H and O–H groups in total. The molecule has 1 aliphatic heterocycles. The van der Waals surface area contributed by atoms with Crippen LogP contribution in [0, 0.1) is 0 Å². The number of rotatable bonds is 4. The van der Waals surface area contributed by atoms with E-state index in [0.717, 1.165) is 31.3 Å². The number of carbonyl (C=O) groups excluding carboxylic acids is 1. The smallest absolute Gasteiger partial charge is 0.241 e. The van der Waals surface area contributed by atoms with Gasteiger partial charge in [0, 0.05) is 37.8 Å². The van der Waals surface area contributed by atoms with Crippen LogP contribution < -0.4 is 10.2 Å². The van der Waals surface area contributed by atoms with E-state index in [2.05, 4.69) is 20.1 Å². The van der Waals surface area contributed by atoms with Crippen molar-refractivity contribution in [1.82, 2.24) is 9.88 Å². The summed E-state index contributed by atoms with van der Waals surface area (Å²) in [6, 6.07) is 4.92. The van der Waals surface area contributed by atoms with Crippen LogP contribution in [0.4, 0.5) is 10.8 Å². The molecule has 1 amide bonds. The summed E-state index contributed by atoms with van der Waals surface area (Å²) < 4.78 is 0. The Bertz CT molecular complexity index is 682. The van der Waals surface area contributed by atoms with Crippen LogP contribution in [0.15, 0.2) is 29.8 Å². The number of nitrogens with one attached hydrogen (secondary N) is 1. The largest absolute Gasteiger partial charge is 0.346 e. The second-order valence-electron chi connectivity index (χ2n) is 5.60. The summed E-state index contributed by atoms with van der Waals surface area (Å²) in [7, 11) is 0. The van der Waals surface area contributed by atoms with Gasteiger partial charge in [-0.25, -0.2) is 4.98 Å². The molecule has 24 heavy (non-hydrogen) atoms. The molecule has 8 heteroatoms. The molecule has 5 nitrogen and oxygen atoms in total. The number of thiazole rings is 1. The lowest BCUT2D eigenvalue weighted by atomic mass is 10.2. The predicted molar refractivity (Wildman–Crippen MR) is 100 cm³/mol. The second-order valence-corrected chi connectivity index (χ2v) is 7.29. The Hall–Kier alpha value is -1.34. The average Bonchev–Trinajstić information content (AvgIpc) is 3.12. The number of carbonyl (C=O) groups is 1. The van der Waals surface area contributed by atoms with Crippen molar-refractivity contribution >= 4 is 51.3 Å². The number of benzene rings is 1. The topological polar surface area (TPSA) is 48.5 Å². The summed E-state index contributed by atoms with van der Waals surface area (Å²) in [5.41, 5.74) is 0.471. The first-order valence-corrected chi connectivity index (χ1v) is 9.33. The third-order valence-electron chi connectivity index (χ3n) is 4.14. The highest BCUT2D eigenvalue weighted by atomic mass is 35.5. The lowest BCUT2D eigenvalue weighted by Crippen LogP contribution is -2.52. The van der Waals surface area contributed by atoms with Crippen LogP contribution >= 0.6 is 34.5 Å². The number of aromatic nitrogens is 1. The van der Waals surface area contributed by atoms with E-state index in [-0.39, 0.29) is 11.9 Å². The van der Waals surface area contributed by atoms with Gasteiger partial charge in [-0.3, -0.25) is 9.69 Å². The molecule has 0 aliphatic carbocycles. The molecule has 1 aliphatic rings. The summed E-state index contributed by atoms with van der Waals surface area (Å²) >= 11 is 13.9. The van der Waals surface area contributed by atoms with Gasteiger partial charge in [0.05, 0.1) is 21.8 Å². The van der Waals surface area contributed by atoms with Crippen molar-refractivity contribution in [2.75, 3.05) is 36.4 Å². The maximum absolute atomic E-state index is 12.5. The molecule has 1 aromatic heterocycles. The third-order valence-corrected chi connectivity index (χ3v) is 5.60. The fourth-order valence-corrected chi connectivity index (χ4v) is 3.87. The minimum Gasteiger partial charge on any atom is -0.346 e. The van der Waals surface area contributed by atoms with E-state index in [1.165, 1.54) is 0 Å². The van der Waals surface area contributed by atoms with Crippen molar-refractivity contribution < 1.29 is 4.79 Å². The molecule has 0 spiro atoms. The molecule has 0 bridgehead atoms. The quantitative estimate of drug-likeness (QED) is 0.874. The van der Waals surface area contributed by atoms with Gasteiger partial charge in [0.25, 0.3) is 0 Å². The van der Waals surface area contributed by atoms with Gasteiger partial charge in [-0.2, -0.15) is 0 Å². The Balaban J connectivity index is 1.59. The van der Waals surface area contributed by atoms with Gasteiger partial charge >= 0.3 is 0 Å². The lowest BCUT2D eigenvalue weighted by molar-refractivity contribution is -0.120. The molecule has 2 heterocycles. The number of piperazine rings is 1. The van der Waals surface area contributed by atoms with Crippen molar-refractivity contribution in [1.29, 1.82) is 0 Å². The van der Waals surface area contributed by atoms with Crippen LogP contribution in [0.1, 0.15) is 6.92 Å². The first-order chi connectivity index (χ1) is 11.6. The second kappa shape index (κ2) is 7.70. The summed E-state index contributed by atoms with van der Waals surface area (Å²) in [5, 5.41) is 6.74. The SMILES string of the molecule is CC(C(=O)Nc1c(Cl)cccc1Cl)N1CCN(c2nccs2)CC1. The predicted octanol–water partition coefficient (Wildman–Crippen LogP) is 3.60. The minimum atomic E-state index is -0.254. The summed E-state index contributed by atoms with van der Waals surface area (Å²) in [4.78, 5) is 21.3.